The van der Waals surface area contributed by atoms with Crippen LogP contribution in [0.1, 0.15) is 5.82 Å². The fourth-order valence-corrected chi connectivity index (χ4v) is 2.73. The Morgan fingerprint density at radius 2 is 2.00 bits per heavy atom. The molecule has 0 bridgehead atoms. The van der Waals surface area contributed by atoms with Gasteiger partial charge in [0.15, 0.2) is 5.65 Å². The Balaban J connectivity index is 1.83. The predicted octanol–water partition coefficient (Wildman–Crippen LogP) is 3.52. The minimum absolute atomic E-state index is 0.502. The molecule has 9 heteroatoms. The highest BCUT2D eigenvalue weighted by atomic mass is 35.5. The average Bonchev–Trinajstić information content (AvgIpc) is 3.11. The first kappa shape index (κ1) is 16.2. The minimum atomic E-state index is 0.502. The van der Waals surface area contributed by atoms with Crippen molar-refractivity contribution in [1.29, 1.82) is 0 Å². The second-order valence-electron chi connectivity index (χ2n) is 5.48. The molecule has 0 amide bonds. The van der Waals surface area contributed by atoms with Crippen LogP contribution in [-0.4, -0.2) is 37.0 Å². The molecule has 0 unspecified atom stereocenters. The fraction of sp³-hybridized carbons (Fsp3) is 0.118. The largest absolute Gasteiger partial charge is 0.481 e. The summed E-state index contributed by atoms with van der Waals surface area (Å²) < 4.78 is 5.08. The summed E-state index contributed by atoms with van der Waals surface area (Å²) in [7, 11) is 1.57. The van der Waals surface area contributed by atoms with E-state index in [2.05, 4.69) is 35.2 Å². The van der Waals surface area contributed by atoms with E-state index in [0.29, 0.717) is 33.9 Å². The number of hydrogen-bond acceptors (Lipinski definition) is 7. The first-order valence-electron chi connectivity index (χ1n) is 7.75. The summed E-state index contributed by atoms with van der Waals surface area (Å²) in [4.78, 5) is 24.8. The van der Waals surface area contributed by atoms with Crippen LogP contribution in [0, 0.1) is 6.92 Å². The maximum Gasteiger partial charge on any atom is 0.213 e. The number of hydrogen-bond donors (Lipinski definition) is 2. The van der Waals surface area contributed by atoms with Crippen LogP contribution in [-0.2, 0) is 0 Å². The number of aryl methyl sites for hydroxylation is 1. The summed E-state index contributed by atoms with van der Waals surface area (Å²) in [6.07, 6.45) is 4.82. The maximum absolute atomic E-state index is 6.19. The van der Waals surface area contributed by atoms with E-state index in [9.17, 15) is 0 Å². The van der Waals surface area contributed by atoms with Crippen molar-refractivity contribution in [2.24, 2.45) is 0 Å². The van der Waals surface area contributed by atoms with Crippen molar-refractivity contribution in [2.75, 3.05) is 12.4 Å². The standard InChI is InChI=1S/C17H14ClN7O/c1-9-23-14(15-17(24-9)22-8-21-15)12-5-10(18)6-20-16(12)25-11-3-4-13(26-2)19-7-11/h3-8H,1-2H3,(H,20,25)(H,21,22,23,24). The summed E-state index contributed by atoms with van der Waals surface area (Å²) in [5.41, 5.74) is 3.46. The highest BCUT2D eigenvalue weighted by Gasteiger charge is 2.16. The maximum atomic E-state index is 6.19. The van der Waals surface area contributed by atoms with Gasteiger partial charge in [0.05, 0.1) is 30.3 Å². The van der Waals surface area contributed by atoms with Gasteiger partial charge in [-0.3, -0.25) is 0 Å². The highest BCUT2D eigenvalue weighted by Crippen LogP contribution is 2.32. The number of aromatic nitrogens is 6. The molecule has 0 aliphatic carbocycles. The molecule has 2 N–H and O–H groups in total. The normalized spacial score (nSPS) is 10.9. The Morgan fingerprint density at radius 1 is 1.12 bits per heavy atom. The molecular formula is C17H14ClN7O. The first-order valence-corrected chi connectivity index (χ1v) is 8.12. The third kappa shape index (κ3) is 3.02. The van der Waals surface area contributed by atoms with Crippen molar-refractivity contribution >= 4 is 34.3 Å². The molecule has 0 radical (unpaired) electrons. The SMILES string of the molecule is COc1ccc(Nc2ncc(Cl)cc2-c2nc(C)nc3nc[nH]c23)cn1. The molecule has 4 aromatic heterocycles. The van der Waals surface area contributed by atoms with Gasteiger partial charge in [-0.15, -0.1) is 0 Å². The lowest BCUT2D eigenvalue weighted by molar-refractivity contribution is 0.398. The van der Waals surface area contributed by atoms with Crippen molar-refractivity contribution in [3.63, 3.8) is 0 Å². The van der Waals surface area contributed by atoms with Crippen molar-refractivity contribution in [3.8, 4) is 17.1 Å². The highest BCUT2D eigenvalue weighted by molar-refractivity contribution is 6.30. The number of halogens is 1. The van der Waals surface area contributed by atoms with E-state index in [1.807, 2.05) is 13.0 Å². The first-order chi connectivity index (χ1) is 12.6. The number of rotatable bonds is 4. The van der Waals surface area contributed by atoms with Crippen LogP contribution in [0.2, 0.25) is 5.02 Å². The van der Waals surface area contributed by atoms with Gasteiger partial charge in [0, 0.05) is 17.8 Å². The number of anilines is 2. The molecule has 0 saturated heterocycles. The number of imidazole rings is 1. The number of ether oxygens (including phenoxy) is 1. The lowest BCUT2D eigenvalue weighted by Crippen LogP contribution is -2.00. The Kier molecular flexibility index (Phi) is 4.10. The molecule has 130 valence electrons. The topological polar surface area (TPSA) is 101 Å². The van der Waals surface area contributed by atoms with Gasteiger partial charge >= 0.3 is 0 Å². The molecule has 0 atom stereocenters. The van der Waals surface area contributed by atoms with Crippen LogP contribution >= 0.6 is 11.6 Å². The van der Waals surface area contributed by atoms with Crippen molar-refractivity contribution in [3.05, 3.63) is 47.8 Å². The zero-order chi connectivity index (χ0) is 18.1. The lowest BCUT2D eigenvalue weighted by Gasteiger charge is -2.12. The Labute approximate surface area is 153 Å². The molecular weight excluding hydrogens is 354 g/mol. The molecule has 8 nitrogen and oxygen atoms in total. The predicted molar refractivity (Wildman–Crippen MR) is 98.7 cm³/mol. The van der Waals surface area contributed by atoms with Gasteiger partial charge in [0.1, 0.15) is 22.9 Å². The van der Waals surface area contributed by atoms with E-state index in [-0.39, 0.29) is 0 Å². The molecule has 0 aliphatic rings. The number of nitrogens with one attached hydrogen (secondary N) is 2. The van der Waals surface area contributed by atoms with Gasteiger partial charge in [-0.05, 0) is 19.1 Å². The molecule has 0 saturated carbocycles. The Hall–Kier alpha value is -3.26. The lowest BCUT2D eigenvalue weighted by atomic mass is 10.1. The van der Waals surface area contributed by atoms with Crippen molar-refractivity contribution < 1.29 is 4.74 Å². The van der Waals surface area contributed by atoms with Gasteiger partial charge < -0.3 is 15.0 Å². The van der Waals surface area contributed by atoms with Crippen LogP contribution in [0.25, 0.3) is 22.4 Å². The van der Waals surface area contributed by atoms with Crippen LogP contribution in [0.4, 0.5) is 11.5 Å². The number of H-pyrrole nitrogens is 1. The molecule has 4 heterocycles. The summed E-state index contributed by atoms with van der Waals surface area (Å²) in [6, 6.07) is 5.42. The van der Waals surface area contributed by atoms with E-state index >= 15 is 0 Å². The second-order valence-corrected chi connectivity index (χ2v) is 5.92. The van der Waals surface area contributed by atoms with Crippen LogP contribution in [0.3, 0.4) is 0 Å². The average molecular weight is 368 g/mol. The number of nitrogens with zero attached hydrogens (tertiary/aromatic N) is 5. The quantitative estimate of drug-likeness (QED) is 0.569. The molecule has 0 spiro atoms. The number of aromatic amines is 1. The number of fused-ring (bicyclic) bond motifs is 1. The molecule has 0 fully saturated rings. The van der Waals surface area contributed by atoms with Gasteiger partial charge in [-0.2, -0.15) is 0 Å². The van der Waals surface area contributed by atoms with Crippen LogP contribution < -0.4 is 10.1 Å². The summed E-state index contributed by atoms with van der Waals surface area (Å²) in [5, 5.41) is 3.75. The van der Waals surface area contributed by atoms with E-state index in [1.165, 1.54) is 0 Å². The van der Waals surface area contributed by atoms with E-state index in [0.717, 1.165) is 16.8 Å². The zero-order valence-corrected chi connectivity index (χ0v) is 14.7. The van der Waals surface area contributed by atoms with Gasteiger partial charge in [-0.1, -0.05) is 11.6 Å². The number of pyridine rings is 2. The zero-order valence-electron chi connectivity index (χ0n) is 14.0. The molecule has 4 aromatic rings. The van der Waals surface area contributed by atoms with Crippen molar-refractivity contribution in [2.45, 2.75) is 6.92 Å². The molecule has 0 aromatic carbocycles. The minimum Gasteiger partial charge on any atom is -0.481 e. The monoisotopic (exact) mass is 367 g/mol. The summed E-state index contributed by atoms with van der Waals surface area (Å²) >= 11 is 6.19. The third-order valence-corrected chi connectivity index (χ3v) is 3.92. The van der Waals surface area contributed by atoms with E-state index in [1.54, 1.807) is 38.0 Å². The summed E-state index contributed by atoms with van der Waals surface area (Å²) in [5.74, 6) is 1.73. The molecule has 4 rings (SSSR count). The fourth-order valence-electron chi connectivity index (χ4n) is 2.57. The summed E-state index contributed by atoms with van der Waals surface area (Å²) in [6.45, 7) is 1.82. The van der Waals surface area contributed by atoms with Crippen molar-refractivity contribution in [1.82, 2.24) is 29.9 Å². The second kappa shape index (κ2) is 6.57. The smallest absolute Gasteiger partial charge is 0.213 e. The Morgan fingerprint density at radius 3 is 2.77 bits per heavy atom. The van der Waals surface area contributed by atoms with Crippen LogP contribution in [0.5, 0.6) is 5.88 Å². The van der Waals surface area contributed by atoms with Gasteiger partial charge in [0.2, 0.25) is 5.88 Å². The third-order valence-electron chi connectivity index (χ3n) is 3.72. The van der Waals surface area contributed by atoms with E-state index < -0.39 is 0 Å². The molecule has 0 aliphatic heterocycles. The van der Waals surface area contributed by atoms with Crippen LogP contribution in [0.15, 0.2) is 36.9 Å². The number of methoxy groups -OCH3 is 1. The Bertz CT molecular complexity index is 1080. The van der Waals surface area contributed by atoms with E-state index in [4.69, 9.17) is 16.3 Å². The molecule has 26 heavy (non-hydrogen) atoms. The van der Waals surface area contributed by atoms with Gasteiger partial charge in [0.25, 0.3) is 0 Å². The van der Waals surface area contributed by atoms with Gasteiger partial charge in [-0.25, -0.2) is 24.9 Å².